The van der Waals surface area contributed by atoms with Gasteiger partial charge in [-0.05, 0) is 30.1 Å². The number of nitrogens with one attached hydrogen (secondary N) is 1. The Kier molecular flexibility index (Phi) is 2.61. The van der Waals surface area contributed by atoms with Gasteiger partial charge in [-0.25, -0.2) is 0 Å². The van der Waals surface area contributed by atoms with Crippen LogP contribution in [0.5, 0.6) is 5.75 Å². The smallest absolute Gasteiger partial charge is 0.217 e. The van der Waals surface area contributed by atoms with Crippen LogP contribution in [-0.2, 0) is 10.2 Å². The van der Waals surface area contributed by atoms with Gasteiger partial charge in [-0.1, -0.05) is 13.8 Å². The Labute approximate surface area is 93.3 Å². The second-order valence-corrected chi connectivity index (χ2v) is 5.08. The number of ether oxygens (including phenoxy) is 1. The highest BCUT2D eigenvalue weighted by molar-refractivity contribution is 7.97. The Morgan fingerprint density at radius 1 is 1.53 bits per heavy atom. The summed E-state index contributed by atoms with van der Waals surface area (Å²) in [7, 11) is 0. The second-order valence-electron chi connectivity index (χ2n) is 4.17. The molecule has 1 aliphatic heterocycles. The van der Waals surface area contributed by atoms with Crippen molar-refractivity contribution in [1.29, 1.82) is 0 Å². The molecule has 0 radical (unpaired) electrons. The minimum absolute atomic E-state index is 0.0626. The number of carbonyl (C=O) groups excluding carboxylic acids is 1. The average molecular weight is 223 g/mol. The minimum atomic E-state index is 0.0626. The van der Waals surface area contributed by atoms with E-state index in [1.54, 1.807) is 0 Å². The average Bonchev–Trinajstić information content (AvgIpc) is 2.52. The molecular formula is C11H13NO2S. The fraction of sp³-hybridized carbons (Fsp3) is 0.364. The van der Waals surface area contributed by atoms with Crippen LogP contribution in [0.2, 0.25) is 0 Å². The van der Waals surface area contributed by atoms with E-state index in [9.17, 15) is 4.79 Å². The third kappa shape index (κ3) is 1.95. The third-order valence-electron chi connectivity index (χ3n) is 2.49. The van der Waals surface area contributed by atoms with Crippen LogP contribution in [0.1, 0.15) is 19.4 Å². The van der Waals surface area contributed by atoms with Gasteiger partial charge in [-0.2, -0.15) is 0 Å². The summed E-state index contributed by atoms with van der Waals surface area (Å²) in [6, 6.07) is 5.98. The van der Waals surface area contributed by atoms with Gasteiger partial charge in [0.05, 0.1) is 6.61 Å². The molecule has 0 atom stereocenters. The molecule has 1 N–H and O–H groups in total. The van der Waals surface area contributed by atoms with Gasteiger partial charge in [0.25, 0.3) is 0 Å². The fourth-order valence-corrected chi connectivity index (χ4v) is 2.15. The molecule has 4 heteroatoms. The van der Waals surface area contributed by atoms with E-state index in [-0.39, 0.29) is 5.41 Å². The molecule has 15 heavy (non-hydrogen) atoms. The van der Waals surface area contributed by atoms with Crippen molar-refractivity contribution in [2.75, 3.05) is 6.61 Å². The first-order valence-corrected chi connectivity index (χ1v) is 5.58. The van der Waals surface area contributed by atoms with Crippen molar-refractivity contribution in [2.45, 2.75) is 24.2 Å². The first-order valence-electron chi connectivity index (χ1n) is 4.77. The van der Waals surface area contributed by atoms with Crippen molar-refractivity contribution < 1.29 is 9.53 Å². The molecule has 0 fully saturated rings. The van der Waals surface area contributed by atoms with E-state index in [1.165, 1.54) is 17.5 Å². The zero-order valence-corrected chi connectivity index (χ0v) is 9.56. The summed E-state index contributed by atoms with van der Waals surface area (Å²) in [6.45, 7) is 5.03. The third-order valence-corrected chi connectivity index (χ3v) is 3.20. The van der Waals surface area contributed by atoms with Gasteiger partial charge in [0.15, 0.2) is 0 Å². The van der Waals surface area contributed by atoms with E-state index in [2.05, 4.69) is 24.6 Å². The monoisotopic (exact) mass is 223 g/mol. The summed E-state index contributed by atoms with van der Waals surface area (Å²) in [5, 5.41) is 0. The molecule has 3 nitrogen and oxygen atoms in total. The number of benzene rings is 1. The van der Waals surface area contributed by atoms with Crippen LogP contribution in [-0.4, -0.2) is 13.0 Å². The highest BCUT2D eigenvalue weighted by Gasteiger charge is 2.31. The molecule has 0 bridgehead atoms. The van der Waals surface area contributed by atoms with E-state index >= 15 is 0 Å². The van der Waals surface area contributed by atoms with E-state index < -0.39 is 0 Å². The summed E-state index contributed by atoms with van der Waals surface area (Å²) in [5.74, 6) is 0.954. The molecule has 0 saturated heterocycles. The lowest BCUT2D eigenvalue weighted by molar-refractivity contribution is -0.107. The van der Waals surface area contributed by atoms with Crippen LogP contribution in [0.15, 0.2) is 23.1 Å². The number of rotatable bonds is 3. The van der Waals surface area contributed by atoms with Crippen LogP contribution in [0.4, 0.5) is 0 Å². The Morgan fingerprint density at radius 3 is 3.07 bits per heavy atom. The van der Waals surface area contributed by atoms with E-state index in [4.69, 9.17) is 4.74 Å². The molecule has 0 saturated carbocycles. The topological polar surface area (TPSA) is 38.3 Å². The molecular weight excluding hydrogens is 210 g/mol. The Hall–Kier alpha value is -1.16. The molecule has 1 heterocycles. The molecule has 1 aromatic carbocycles. The standard InChI is InChI=1S/C11H13NO2S/c1-11(2)6-14-10-4-3-8(5-9(10)11)15-12-7-13/h3-5,7H,6H2,1-2H3,(H,12,13). The molecule has 0 spiro atoms. The summed E-state index contributed by atoms with van der Waals surface area (Å²) in [5.41, 5.74) is 1.27. The normalized spacial score (nSPS) is 16.7. The number of fused-ring (bicyclic) bond motifs is 1. The van der Waals surface area contributed by atoms with Crippen molar-refractivity contribution >= 4 is 18.4 Å². The van der Waals surface area contributed by atoms with Crippen molar-refractivity contribution in [3.05, 3.63) is 23.8 Å². The molecule has 2 rings (SSSR count). The molecule has 80 valence electrons. The molecule has 0 unspecified atom stereocenters. The van der Waals surface area contributed by atoms with Crippen LogP contribution in [0.25, 0.3) is 0 Å². The number of hydrogen-bond acceptors (Lipinski definition) is 3. The molecule has 1 aliphatic rings. The lowest BCUT2D eigenvalue weighted by Crippen LogP contribution is -2.18. The fourth-order valence-electron chi connectivity index (χ4n) is 1.66. The van der Waals surface area contributed by atoms with E-state index in [0.717, 1.165) is 17.3 Å². The highest BCUT2D eigenvalue weighted by atomic mass is 32.2. The summed E-state index contributed by atoms with van der Waals surface area (Å²) < 4.78 is 8.15. The summed E-state index contributed by atoms with van der Waals surface area (Å²) in [4.78, 5) is 11.2. The van der Waals surface area contributed by atoms with Crippen LogP contribution in [0.3, 0.4) is 0 Å². The van der Waals surface area contributed by atoms with Crippen molar-refractivity contribution in [1.82, 2.24) is 4.72 Å². The lowest BCUT2D eigenvalue weighted by atomic mass is 9.87. The van der Waals surface area contributed by atoms with Gasteiger partial charge >= 0.3 is 0 Å². The van der Waals surface area contributed by atoms with E-state index in [1.807, 2.05) is 12.1 Å². The van der Waals surface area contributed by atoms with Gasteiger partial charge in [0, 0.05) is 15.9 Å². The van der Waals surface area contributed by atoms with Gasteiger partial charge in [-0.15, -0.1) is 0 Å². The number of carbonyl (C=O) groups is 1. The van der Waals surface area contributed by atoms with Gasteiger partial charge in [-0.3, -0.25) is 9.52 Å². The Morgan fingerprint density at radius 2 is 2.33 bits per heavy atom. The van der Waals surface area contributed by atoms with Crippen molar-refractivity contribution in [3.8, 4) is 5.75 Å². The molecule has 0 aliphatic carbocycles. The highest BCUT2D eigenvalue weighted by Crippen LogP contribution is 2.39. The molecule has 1 aromatic rings. The lowest BCUT2D eigenvalue weighted by Gasteiger charge is -2.15. The quantitative estimate of drug-likeness (QED) is 0.630. The predicted octanol–water partition coefficient (Wildman–Crippen LogP) is 2.11. The minimum Gasteiger partial charge on any atom is -0.492 e. The number of amides is 1. The largest absolute Gasteiger partial charge is 0.492 e. The maximum atomic E-state index is 10.2. The van der Waals surface area contributed by atoms with Crippen molar-refractivity contribution in [3.63, 3.8) is 0 Å². The first-order chi connectivity index (χ1) is 7.13. The Bertz CT molecular complexity index is 390. The molecule has 0 aromatic heterocycles. The summed E-state index contributed by atoms with van der Waals surface area (Å²) >= 11 is 1.31. The number of hydrogen-bond donors (Lipinski definition) is 1. The van der Waals surface area contributed by atoms with Crippen LogP contribution in [0, 0.1) is 0 Å². The van der Waals surface area contributed by atoms with Gasteiger partial charge < -0.3 is 4.74 Å². The van der Waals surface area contributed by atoms with E-state index in [0.29, 0.717) is 6.41 Å². The maximum absolute atomic E-state index is 10.2. The van der Waals surface area contributed by atoms with Gasteiger partial charge in [0.1, 0.15) is 5.75 Å². The Balaban J connectivity index is 2.29. The van der Waals surface area contributed by atoms with Crippen LogP contribution < -0.4 is 9.46 Å². The predicted molar refractivity (Wildman–Crippen MR) is 60.0 cm³/mol. The maximum Gasteiger partial charge on any atom is 0.217 e. The zero-order valence-electron chi connectivity index (χ0n) is 8.74. The van der Waals surface area contributed by atoms with Gasteiger partial charge in [0.2, 0.25) is 6.41 Å². The second kappa shape index (κ2) is 3.77. The van der Waals surface area contributed by atoms with Crippen molar-refractivity contribution in [2.24, 2.45) is 0 Å². The van der Waals surface area contributed by atoms with Crippen LogP contribution >= 0.6 is 11.9 Å². The summed E-state index contributed by atoms with van der Waals surface area (Å²) in [6.07, 6.45) is 0.680. The SMILES string of the molecule is CC1(C)COc2ccc(SNC=O)cc21. The first kappa shape index (κ1) is 10.4. The zero-order chi connectivity index (χ0) is 10.9. The molecule has 1 amide bonds.